The Morgan fingerprint density at radius 2 is 0.400 bits per heavy atom. The third kappa shape index (κ3) is 14.0. The van der Waals surface area contributed by atoms with Crippen molar-refractivity contribution in [2.75, 3.05) is 0 Å². The van der Waals surface area contributed by atoms with Crippen molar-refractivity contribution in [2.24, 2.45) is 94.7 Å². The highest BCUT2D eigenvalue weighted by molar-refractivity contribution is 5.13. The molecule has 13 rings (SSSR count). The Kier molecular flexibility index (Phi) is 21.1. The van der Waals surface area contributed by atoms with Gasteiger partial charge in [-0.2, -0.15) is 0 Å². The monoisotopic (exact) mass is 1100 g/mol. The predicted molar refractivity (Wildman–Crippen MR) is 341 cm³/mol. The lowest BCUT2D eigenvalue weighted by molar-refractivity contribution is -0.156. The summed E-state index contributed by atoms with van der Waals surface area (Å²) in [5.41, 5.74) is 0. The fourth-order valence-corrected chi connectivity index (χ4v) is 24.8. The summed E-state index contributed by atoms with van der Waals surface area (Å²) in [6, 6.07) is 5.19. The Balaban J connectivity index is 0.852. The van der Waals surface area contributed by atoms with E-state index in [1.165, 1.54) is 141 Å². The van der Waals surface area contributed by atoms with Crippen LogP contribution in [0.5, 0.6) is 0 Å². The first-order chi connectivity index (χ1) is 39.7. The van der Waals surface area contributed by atoms with Gasteiger partial charge >= 0.3 is 0 Å². The van der Waals surface area contributed by atoms with Gasteiger partial charge in [0.05, 0.1) is 0 Å². The van der Waals surface area contributed by atoms with E-state index in [4.69, 9.17) is 0 Å². The molecule has 0 aromatic carbocycles. The maximum absolute atomic E-state index is 3.71. The number of nitrogens with zero attached hydrogens (tertiary/aromatic N) is 2. The average Bonchev–Trinajstić information content (AvgIpc) is 3.69. The molecule has 2 nitrogen and oxygen atoms in total. The van der Waals surface area contributed by atoms with Crippen molar-refractivity contribution in [1.29, 1.82) is 0 Å². The second kappa shape index (κ2) is 28.9. The van der Waals surface area contributed by atoms with Crippen LogP contribution in [0.15, 0.2) is 24.3 Å². The van der Waals surface area contributed by atoms with Crippen LogP contribution in [0.2, 0.25) is 0 Å². The van der Waals surface area contributed by atoms with Gasteiger partial charge < -0.3 is 0 Å². The Labute approximate surface area is 496 Å². The second-order valence-electron chi connectivity index (χ2n) is 33.2. The molecule has 0 bridgehead atoms. The van der Waals surface area contributed by atoms with E-state index in [1.54, 1.807) is 193 Å². The van der Waals surface area contributed by atoms with Gasteiger partial charge in [-0.05, 0) is 236 Å². The smallest absolute Gasteiger partial charge is 0.0164 e. The summed E-state index contributed by atoms with van der Waals surface area (Å²) < 4.78 is 0. The largest absolute Gasteiger partial charge is 0.294 e. The van der Waals surface area contributed by atoms with Crippen molar-refractivity contribution in [2.45, 2.75) is 370 Å². The highest BCUT2D eigenvalue weighted by Crippen LogP contribution is 2.59. The minimum atomic E-state index is 0.849. The molecule has 0 amide bonds. The van der Waals surface area contributed by atoms with Crippen LogP contribution in [0.25, 0.3) is 0 Å². The van der Waals surface area contributed by atoms with Crippen molar-refractivity contribution >= 4 is 0 Å². The molecule has 0 saturated heterocycles. The van der Waals surface area contributed by atoms with Crippen LogP contribution in [0.3, 0.4) is 0 Å². The second-order valence-corrected chi connectivity index (χ2v) is 33.2. The molecule has 0 N–H and O–H groups in total. The van der Waals surface area contributed by atoms with Gasteiger partial charge in [-0.3, -0.25) is 9.80 Å². The van der Waals surface area contributed by atoms with Crippen molar-refractivity contribution in [3.63, 3.8) is 0 Å². The van der Waals surface area contributed by atoms with Gasteiger partial charge in [-0.1, -0.05) is 217 Å². The number of hydrogen-bond donors (Lipinski definition) is 0. The van der Waals surface area contributed by atoms with Crippen LogP contribution < -0.4 is 0 Å². The minimum absolute atomic E-state index is 0.849. The maximum atomic E-state index is 3.71. The molecule has 13 aliphatic rings. The normalized spacial score (nSPS) is 42.7. The molecule has 452 valence electrons. The zero-order valence-electron chi connectivity index (χ0n) is 52.7. The van der Waals surface area contributed by atoms with Crippen LogP contribution in [-0.2, 0) is 0 Å². The van der Waals surface area contributed by atoms with Gasteiger partial charge in [0.2, 0.25) is 0 Å². The molecule has 2 heteroatoms. The molecule has 0 aromatic heterocycles. The summed E-state index contributed by atoms with van der Waals surface area (Å²) in [6.07, 6.45) is 91.2. The quantitative estimate of drug-likeness (QED) is 0.160. The molecule has 13 fully saturated rings. The van der Waals surface area contributed by atoms with Crippen molar-refractivity contribution in [3.05, 3.63) is 24.3 Å². The summed E-state index contributed by atoms with van der Waals surface area (Å²) >= 11 is 0. The predicted octanol–water partition coefficient (Wildman–Crippen LogP) is 22.2. The molecule has 8 atom stereocenters. The van der Waals surface area contributed by atoms with Crippen molar-refractivity contribution < 1.29 is 0 Å². The van der Waals surface area contributed by atoms with Crippen LogP contribution in [0.4, 0.5) is 0 Å². The Morgan fingerprint density at radius 1 is 0.175 bits per heavy atom. The lowest BCUT2D eigenvalue weighted by Crippen LogP contribution is -2.69. The minimum Gasteiger partial charge on any atom is -0.294 e. The Morgan fingerprint density at radius 3 is 0.662 bits per heavy atom. The van der Waals surface area contributed by atoms with Crippen LogP contribution in [-0.4, -0.2) is 46.1 Å². The number of fused-ring (bicyclic) bond motifs is 2. The standard InChI is InChI=1S/C78H130N2/c1-7-23-57(24-8-1)39-41-59-43-47-69(48-44-59)79(71-53-65(61-27-11-3-12-28-61)51-66(54-71)62-29-13-4-14-30-62)77-73-35-19-21-37-75(73)78(76-38-22-20-36-74(76)77)80(70-49-45-60(46-50-70)42-40-58-25-9-2-10-26-58)72-55-67(63-31-15-5-16-32-63)52-68(56-72)64-33-17-6-18-34-64/h39-42,57-78H,1-38,43-56H2/b41-39+,42-40+. The first-order valence-electron chi connectivity index (χ1n) is 38.6. The third-order valence-corrected chi connectivity index (χ3v) is 28.7. The fourth-order valence-electron chi connectivity index (χ4n) is 24.8. The fraction of sp³-hybridized carbons (Fsp3) is 0.949. The summed E-state index contributed by atoms with van der Waals surface area (Å²) in [5, 5.41) is 0. The molecule has 13 aliphatic carbocycles. The van der Waals surface area contributed by atoms with Gasteiger partial charge in [0.1, 0.15) is 0 Å². The lowest BCUT2D eigenvalue weighted by atomic mass is 9.53. The van der Waals surface area contributed by atoms with Gasteiger partial charge in [0, 0.05) is 36.3 Å². The number of rotatable bonds is 14. The Bertz CT molecular complexity index is 1640. The molecule has 13 saturated carbocycles. The lowest BCUT2D eigenvalue weighted by Gasteiger charge is -2.65. The van der Waals surface area contributed by atoms with E-state index in [2.05, 4.69) is 34.1 Å². The maximum Gasteiger partial charge on any atom is 0.0164 e. The zero-order valence-corrected chi connectivity index (χ0v) is 52.7. The topological polar surface area (TPSA) is 6.48 Å². The van der Waals surface area contributed by atoms with Crippen LogP contribution in [0.1, 0.15) is 334 Å². The van der Waals surface area contributed by atoms with Gasteiger partial charge in [-0.25, -0.2) is 0 Å². The summed E-state index contributed by atoms with van der Waals surface area (Å²) in [4.78, 5) is 7.42. The summed E-state index contributed by atoms with van der Waals surface area (Å²) in [6.45, 7) is 0. The van der Waals surface area contributed by atoms with E-state index >= 15 is 0 Å². The first-order valence-corrected chi connectivity index (χ1v) is 38.6. The van der Waals surface area contributed by atoms with Crippen LogP contribution >= 0.6 is 0 Å². The molecule has 0 heterocycles. The molecular weight excluding hydrogens is 965 g/mol. The number of hydrogen-bond acceptors (Lipinski definition) is 2. The molecule has 0 radical (unpaired) electrons. The van der Waals surface area contributed by atoms with Gasteiger partial charge in [0.25, 0.3) is 0 Å². The van der Waals surface area contributed by atoms with E-state index in [0.717, 1.165) is 131 Å². The highest BCUT2D eigenvalue weighted by Gasteiger charge is 2.59. The third-order valence-electron chi connectivity index (χ3n) is 28.7. The van der Waals surface area contributed by atoms with E-state index < -0.39 is 0 Å². The van der Waals surface area contributed by atoms with E-state index in [0.29, 0.717) is 0 Å². The van der Waals surface area contributed by atoms with Crippen LogP contribution in [0, 0.1) is 94.7 Å². The van der Waals surface area contributed by atoms with E-state index in [9.17, 15) is 0 Å². The highest BCUT2D eigenvalue weighted by atomic mass is 15.3. The molecule has 0 spiro atoms. The molecule has 0 aliphatic heterocycles. The van der Waals surface area contributed by atoms with Gasteiger partial charge in [0.15, 0.2) is 0 Å². The first kappa shape index (κ1) is 58.4. The molecule has 8 unspecified atom stereocenters. The van der Waals surface area contributed by atoms with E-state index in [1.807, 2.05) is 0 Å². The molecule has 80 heavy (non-hydrogen) atoms. The summed E-state index contributed by atoms with van der Waals surface area (Å²) in [7, 11) is 0. The van der Waals surface area contributed by atoms with Crippen molar-refractivity contribution in [3.8, 4) is 0 Å². The average molecular weight is 1100 g/mol. The molecule has 0 aromatic rings. The van der Waals surface area contributed by atoms with E-state index in [-0.39, 0.29) is 0 Å². The number of allylic oxidation sites excluding steroid dienone is 4. The Hall–Kier alpha value is -0.600. The van der Waals surface area contributed by atoms with Crippen molar-refractivity contribution in [1.82, 2.24) is 9.80 Å². The molecular formula is C78H130N2. The van der Waals surface area contributed by atoms with Gasteiger partial charge in [-0.15, -0.1) is 0 Å². The summed E-state index contributed by atoms with van der Waals surface area (Å²) in [5.74, 6) is 15.5. The zero-order chi connectivity index (χ0) is 53.5. The SMILES string of the molecule is C(=C\C1CCC(N(C2CC(C3CCCCC3)CC(C3CCCCC3)C2)C2C3CCCCC3C(N(C3CCC(/C=C/C4CCCCC4)CC3)C3CC(C4CCCCC4)CC(C4CCCCC4)C3)C3CCCCC32)CC1)/C1CCCCC1.